The van der Waals surface area contributed by atoms with E-state index in [9.17, 15) is 0 Å². The van der Waals surface area contributed by atoms with Crippen LogP contribution in [0, 0.1) is 0 Å². The fourth-order valence-electron chi connectivity index (χ4n) is 10.8. The van der Waals surface area contributed by atoms with Crippen LogP contribution in [0.15, 0.2) is 273 Å². The second-order valence-corrected chi connectivity index (χ2v) is 19.9. The lowest BCUT2D eigenvalue weighted by molar-refractivity contribution is 1.18. The average molecular weight is 960 g/mol. The van der Waals surface area contributed by atoms with Gasteiger partial charge in [-0.05, 0) is 98.1 Å². The third-order valence-electron chi connectivity index (χ3n) is 14.4. The molecular formula is C70H45N3S. The van der Waals surface area contributed by atoms with Gasteiger partial charge in [-0.2, -0.15) is 0 Å². The highest BCUT2D eigenvalue weighted by Gasteiger charge is 2.25. The van der Waals surface area contributed by atoms with Gasteiger partial charge in [-0.15, -0.1) is 11.3 Å². The standard InChI is InChI=1S/C70H45N3S/c1-6-18-46(19-7-1)50-30-34-52(35-31-50)59-44-57(66-69-67(58-28-16-17-29-65(58)74-69)72-70(71-66)54-26-14-5-15-27-54)45-60(53-36-32-51(33-37-53)47-20-8-2-9-21-47)68(59)73-63-40-38-55(48-22-10-3-11-23-48)42-61(63)62-43-56(39-41-64(62)73)49-24-12-4-13-25-49/h1-45H. The Morgan fingerprint density at radius 1 is 0.284 bits per heavy atom. The van der Waals surface area contributed by atoms with Crippen molar-refractivity contribution in [3.05, 3.63) is 273 Å². The molecule has 0 fully saturated rings. The van der Waals surface area contributed by atoms with Crippen LogP contribution in [0.3, 0.4) is 0 Å². The molecule has 3 nitrogen and oxygen atoms in total. The van der Waals surface area contributed by atoms with E-state index in [-0.39, 0.29) is 0 Å². The van der Waals surface area contributed by atoms with E-state index in [1.54, 1.807) is 11.3 Å². The van der Waals surface area contributed by atoms with E-state index in [2.05, 4.69) is 271 Å². The summed E-state index contributed by atoms with van der Waals surface area (Å²) in [5, 5.41) is 3.51. The fourth-order valence-corrected chi connectivity index (χ4v) is 11.9. The Bertz CT molecular complexity index is 4150. The summed E-state index contributed by atoms with van der Waals surface area (Å²) in [7, 11) is 0. The monoisotopic (exact) mass is 959 g/mol. The maximum Gasteiger partial charge on any atom is 0.160 e. The van der Waals surface area contributed by atoms with Gasteiger partial charge in [-0.3, -0.25) is 0 Å². The molecule has 0 aliphatic heterocycles. The zero-order chi connectivity index (χ0) is 49.0. The average Bonchev–Trinajstić information content (AvgIpc) is 4.03. The molecule has 0 saturated carbocycles. The molecule has 0 aliphatic rings. The molecule has 0 N–H and O–H groups in total. The molecule has 0 aliphatic carbocycles. The van der Waals surface area contributed by atoms with Crippen molar-refractivity contribution in [2.24, 2.45) is 0 Å². The molecule has 4 heteroatoms. The van der Waals surface area contributed by atoms with Gasteiger partial charge in [-0.1, -0.05) is 231 Å². The molecule has 0 radical (unpaired) electrons. The molecule has 3 aromatic heterocycles. The largest absolute Gasteiger partial charge is 0.308 e. The van der Waals surface area contributed by atoms with Crippen LogP contribution in [0.1, 0.15) is 0 Å². The van der Waals surface area contributed by atoms with Crippen molar-refractivity contribution in [1.82, 2.24) is 14.5 Å². The third kappa shape index (κ3) is 7.68. The number of rotatable bonds is 9. The van der Waals surface area contributed by atoms with E-state index in [1.807, 2.05) is 6.07 Å². The summed E-state index contributed by atoms with van der Waals surface area (Å²) in [6, 6.07) is 98.8. The van der Waals surface area contributed by atoms with Gasteiger partial charge in [0.2, 0.25) is 0 Å². The second kappa shape index (κ2) is 18.3. The maximum absolute atomic E-state index is 5.58. The minimum absolute atomic E-state index is 0.703. The van der Waals surface area contributed by atoms with Crippen molar-refractivity contribution < 1.29 is 0 Å². The van der Waals surface area contributed by atoms with Crippen molar-refractivity contribution in [3.8, 4) is 95.1 Å². The lowest BCUT2D eigenvalue weighted by atomic mass is 9.90. The van der Waals surface area contributed by atoms with Crippen LogP contribution in [0.25, 0.3) is 137 Å². The first-order valence-corrected chi connectivity index (χ1v) is 25.9. The Labute approximate surface area is 433 Å². The fraction of sp³-hybridized carbons (Fsp3) is 0. The molecule has 74 heavy (non-hydrogen) atoms. The molecular weight excluding hydrogens is 915 g/mol. The zero-order valence-corrected chi connectivity index (χ0v) is 41.0. The van der Waals surface area contributed by atoms with Gasteiger partial charge in [-0.25, -0.2) is 9.97 Å². The van der Waals surface area contributed by atoms with Gasteiger partial charge in [0.25, 0.3) is 0 Å². The molecule has 0 bridgehead atoms. The molecule has 346 valence electrons. The number of hydrogen-bond acceptors (Lipinski definition) is 3. The first kappa shape index (κ1) is 43.3. The number of aromatic nitrogens is 3. The van der Waals surface area contributed by atoms with Crippen LogP contribution in [0.2, 0.25) is 0 Å². The van der Waals surface area contributed by atoms with Crippen molar-refractivity contribution in [1.29, 1.82) is 0 Å². The molecule has 14 aromatic rings. The SMILES string of the molecule is c1ccc(-c2ccc(-c3cc(-c4nc(-c5ccccc5)nc5c4sc4ccccc45)cc(-c4ccc(-c5ccccc5)cc4)c3-n3c4ccc(-c5ccccc5)cc4c4cc(-c5ccccc5)ccc43)cc2)cc1. The first-order chi connectivity index (χ1) is 36.7. The summed E-state index contributed by atoms with van der Waals surface area (Å²) < 4.78 is 4.78. The lowest BCUT2D eigenvalue weighted by Crippen LogP contribution is -2.03. The van der Waals surface area contributed by atoms with Gasteiger partial charge in [0.1, 0.15) is 0 Å². The van der Waals surface area contributed by atoms with Gasteiger partial charge < -0.3 is 4.57 Å². The Morgan fingerprint density at radius 2 is 0.662 bits per heavy atom. The van der Waals surface area contributed by atoms with Crippen molar-refractivity contribution >= 4 is 53.4 Å². The molecule has 0 unspecified atom stereocenters. The van der Waals surface area contributed by atoms with Crippen LogP contribution >= 0.6 is 11.3 Å². The van der Waals surface area contributed by atoms with Gasteiger partial charge >= 0.3 is 0 Å². The van der Waals surface area contributed by atoms with E-state index in [1.165, 1.54) is 48.9 Å². The third-order valence-corrected chi connectivity index (χ3v) is 15.6. The summed E-state index contributed by atoms with van der Waals surface area (Å²) in [5.41, 5.74) is 21.0. The van der Waals surface area contributed by atoms with E-state index >= 15 is 0 Å². The smallest absolute Gasteiger partial charge is 0.160 e. The van der Waals surface area contributed by atoms with Crippen LogP contribution in [-0.2, 0) is 0 Å². The molecule has 11 aromatic carbocycles. The summed E-state index contributed by atoms with van der Waals surface area (Å²) in [6.45, 7) is 0. The highest BCUT2D eigenvalue weighted by molar-refractivity contribution is 7.26. The van der Waals surface area contributed by atoms with Crippen LogP contribution < -0.4 is 0 Å². The topological polar surface area (TPSA) is 30.7 Å². The summed E-state index contributed by atoms with van der Waals surface area (Å²) >= 11 is 1.76. The Morgan fingerprint density at radius 3 is 1.14 bits per heavy atom. The van der Waals surface area contributed by atoms with Gasteiger partial charge in [0, 0.05) is 43.1 Å². The van der Waals surface area contributed by atoms with Crippen LogP contribution in [0.4, 0.5) is 0 Å². The first-order valence-electron chi connectivity index (χ1n) is 25.1. The summed E-state index contributed by atoms with van der Waals surface area (Å²) in [6.07, 6.45) is 0. The predicted octanol–water partition coefficient (Wildman–Crippen LogP) is 19.3. The van der Waals surface area contributed by atoms with E-state index in [0.29, 0.717) is 5.82 Å². The minimum atomic E-state index is 0.703. The molecule has 0 saturated heterocycles. The lowest BCUT2D eigenvalue weighted by Gasteiger charge is -2.22. The molecule has 3 heterocycles. The summed E-state index contributed by atoms with van der Waals surface area (Å²) in [4.78, 5) is 10.9. The Kier molecular flexibility index (Phi) is 10.7. The van der Waals surface area contributed by atoms with E-state index < -0.39 is 0 Å². The number of thiophene rings is 1. The van der Waals surface area contributed by atoms with Crippen molar-refractivity contribution in [2.75, 3.05) is 0 Å². The molecule has 0 spiro atoms. The highest BCUT2D eigenvalue weighted by Crippen LogP contribution is 2.48. The molecule has 0 atom stereocenters. The number of benzene rings is 11. The van der Waals surface area contributed by atoms with Crippen molar-refractivity contribution in [3.63, 3.8) is 0 Å². The van der Waals surface area contributed by atoms with Crippen molar-refractivity contribution in [2.45, 2.75) is 0 Å². The maximum atomic E-state index is 5.58. The second-order valence-electron chi connectivity index (χ2n) is 18.9. The zero-order valence-electron chi connectivity index (χ0n) is 40.2. The number of fused-ring (bicyclic) bond motifs is 6. The summed E-state index contributed by atoms with van der Waals surface area (Å²) in [5.74, 6) is 0.703. The number of nitrogens with zero attached hydrogens (tertiary/aromatic N) is 3. The highest BCUT2D eigenvalue weighted by atomic mass is 32.1. The minimum Gasteiger partial charge on any atom is -0.308 e. The van der Waals surface area contributed by atoms with Gasteiger partial charge in [0.15, 0.2) is 5.82 Å². The van der Waals surface area contributed by atoms with Gasteiger partial charge in [0.05, 0.1) is 32.6 Å². The van der Waals surface area contributed by atoms with Crippen LogP contribution in [-0.4, -0.2) is 14.5 Å². The Hall–Kier alpha value is -9.48. The predicted molar refractivity (Wildman–Crippen MR) is 313 cm³/mol. The Balaban J connectivity index is 1.11. The van der Waals surface area contributed by atoms with E-state index in [4.69, 9.17) is 9.97 Å². The number of hydrogen-bond donors (Lipinski definition) is 0. The normalized spacial score (nSPS) is 11.5. The van der Waals surface area contributed by atoms with E-state index in [0.717, 1.165) is 82.5 Å². The molecule has 14 rings (SSSR count). The quantitative estimate of drug-likeness (QED) is 0.144. The van der Waals surface area contributed by atoms with Crippen LogP contribution in [0.5, 0.6) is 0 Å². The molecule has 0 amide bonds.